The lowest BCUT2D eigenvalue weighted by atomic mass is 10.1. The van der Waals surface area contributed by atoms with Crippen molar-refractivity contribution in [2.75, 3.05) is 31.0 Å². The summed E-state index contributed by atoms with van der Waals surface area (Å²) in [6, 6.07) is 11.6. The van der Waals surface area contributed by atoms with E-state index in [9.17, 15) is 9.18 Å². The monoisotopic (exact) mass is 483 g/mol. The van der Waals surface area contributed by atoms with Gasteiger partial charge in [-0.3, -0.25) is 14.3 Å². The molecule has 0 unspecified atom stereocenters. The number of piperidine rings is 1. The Morgan fingerprint density at radius 3 is 2.65 bits per heavy atom. The number of anilines is 1. The molecule has 5 rings (SSSR count). The zero-order chi connectivity index (χ0) is 23.5. The van der Waals surface area contributed by atoms with E-state index >= 15 is 0 Å². The Hall–Kier alpha value is -3.11. The number of benzene rings is 2. The third kappa shape index (κ3) is 4.88. The minimum atomic E-state index is -0.306. The summed E-state index contributed by atoms with van der Waals surface area (Å²) in [5.74, 6) is 1.72. The van der Waals surface area contributed by atoms with Crippen molar-refractivity contribution >= 4 is 23.4 Å². The van der Waals surface area contributed by atoms with E-state index in [2.05, 4.69) is 27.3 Å². The fraction of sp³-hybridized carbons (Fsp3) is 0.375. The molecule has 1 saturated heterocycles. The normalized spacial score (nSPS) is 16.4. The van der Waals surface area contributed by atoms with E-state index in [0.29, 0.717) is 22.3 Å². The van der Waals surface area contributed by atoms with Crippen molar-refractivity contribution in [3.05, 3.63) is 54.1 Å². The highest BCUT2D eigenvalue weighted by atomic mass is 32.2. The Balaban J connectivity index is 1.33. The predicted octanol–water partition coefficient (Wildman–Crippen LogP) is 4.41. The number of rotatable bonds is 7. The lowest BCUT2D eigenvalue weighted by Gasteiger charge is -2.31. The molecule has 3 heterocycles. The molecule has 1 aromatic heterocycles. The molecule has 1 atom stereocenters. The number of hydrogen-bond donors (Lipinski definition) is 1. The van der Waals surface area contributed by atoms with Crippen LogP contribution in [-0.4, -0.2) is 51.2 Å². The van der Waals surface area contributed by atoms with Gasteiger partial charge in [0.25, 0.3) is 0 Å². The molecule has 0 spiro atoms. The van der Waals surface area contributed by atoms with Gasteiger partial charge in [0.05, 0.1) is 11.8 Å². The molecule has 178 valence electrons. The first-order chi connectivity index (χ1) is 16.6. The molecule has 10 heteroatoms. The number of carbonyl (C=O) groups excluding carboxylic acids is 1. The third-order valence-electron chi connectivity index (χ3n) is 6.04. The van der Waals surface area contributed by atoms with Gasteiger partial charge in [0.15, 0.2) is 22.5 Å². The van der Waals surface area contributed by atoms with Crippen molar-refractivity contribution in [2.24, 2.45) is 0 Å². The maximum atomic E-state index is 13.6. The fourth-order valence-electron chi connectivity index (χ4n) is 4.25. The first kappa shape index (κ1) is 22.7. The number of likely N-dealkylation sites (tertiary alicyclic amines) is 1. The summed E-state index contributed by atoms with van der Waals surface area (Å²) >= 11 is 1.29. The summed E-state index contributed by atoms with van der Waals surface area (Å²) in [5, 5.41) is 12.4. The van der Waals surface area contributed by atoms with E-state index in [1.54, 1.807) is 30.3 Å². The van der Waals surface area contributed by atoms with Crippen molar-refractivity contribution in [3.63, 3.8) is 0 Å². The molecule has 1 fully saturated rings. The van der Waals surface area contributed by atoms with Gasteiger partial charge in [-0.25, -0.2) is 4.39 Å². The molecular weight excluding hydrogens is 457 g/mol. The second kappa shape index (κ2) is 10.0. The number of halogens is 1. The van der Waals surface area contributed by atoms with Gasteiger partial charge in [0.2, 0.25) is 12.7 Å². The third-order valence-corrected chi connectivity index (χ3v) is 6.97. The molecule has 2 aliphatic heterocycles. The second-order valence-electron chi connectivity index (χ2n) is 8.33. The van der Waals surface area contributed by atoms with E-state index in [4.69, 9.17) is 9.47 Å². The first-order valence-electron chi connectivity index (χ1n) is 11.4. The number of thioether (sulfide) groups is 1. The minimum absolute atomic E-state index is 0.0506. The van der Waals surface area contributed by atoms with Crippen LogP contribution in [0.4, 0.5) is 10.1 Å². The summed E-state index contributed by atoms with van der Waals surface area (Å²) in [4.78, 5) is 15.0. The largest absolute Gasteiger partial charge is 0.454 e. The summed E-state index contributed by atoms with van der Waals surface area (Å²) in [5.41, 5.74) is 1.40. The average Bonchev–Trinajstić information content (AvgIpc) is 3.50. The van der Waals surface area contributed by atoms with Crippen LogP contribution in [0.15, 0.2) is 47.6 Å². The van der Waals surface area contributed by atoms with Gasteiger partial charge in [-0.2, -0.15) is 0 Å². The SMILES string of the molecule is C[C@H](c1nnc(SCC(=O)Nc2ccc3c(c2)OCO3)n1-c1ccc(F)cc1)N1CCCCC1. The van der Waals surface area contributed by atoms with Crippen molar-refractivity contribution < 1.29 is 18.7 Å². The van der Waals surface area contributed by atoms with Gasteiger partial charge in [-0.05, 0) is 69.3 Å². The van der Waals surface area contributed by atoms with Crippen LogP contribution in [-0.2, 0) is 4.79 Å². The molecule has 1 amide bonds. The number of nitrogens with one attached hydrogen (secondary N) is 1. The van der Waals surface area contributed by atoms with Crippen molar-refractivity contribution in [1.29, 1.82) is 0 Å². The molecule has 2 aliphatic rings. The number of carbonyl (C=O) groups is 1. The summed E-state index contributed by atoms with van der Waals surface area (Å²) in [6.45, 7) is 4.33. The number of fused-ring (bicyclic) bond motifs is 1. The Labute approximate surface area is 201 Å². The number of amides is 1. The number of nitrogens with zero attached hydrogens (tertiary/aromatic N) is 4. The van der Waals surface area contributed by atoms with Gasteiger partial charge < -0.3 is 14.8 Å². The number of aromatic nitrogens is 3. The molecule has 8 nitrogen and oxygen atoms in total. The summed E-state index contributed by atoms with van der Waals surface area (Å²) < 4.78 is 26.2. The maximum absolute atomic E-state index is 13.6. The highest BCUT2D eigenvalue weighted by Gasteiger charge is 2.26. The molecule has 0 aliphatic carbocycles. The first-order valence-corrected chi connectivity index (χ1v) is 12.3. The van der Waals surface area contributed by atoms with Gasteiger partial charge in [-0.1, -0.05) is 18.2 Å². The second-order valence-corrected chi connectivity index (χ2v) is 9.27. The Morgan fingerprint density at radius 2 is 1.85 bits per heavy atom. The fourth-order valence-corrected chi connectivity index (χ4v) is 5.01. The van der Waals surface area contributed by atoms with Crippen LogP contribution in [0, 0.1) is 5.82 Å². The molecule has 3 aromatic rings. The van der Waals surface area contributed by atoms with E-state index in [1.807, 2.05) is 4.57 Å². The Bertz CT molecular complexity index is 1160. The molecule has 1 N–H and O–H groups in total. The summed E-state index contributed by atoms with van der Waals surface area (Å²) in [7, 11) is 0. The predicted molar refractivity (Wildman–Crippen MR) is 127 cm³/mol. The lowest BCUT2D eigenvalue weighted by Crippen LogP contribution is -2.33. The smallest absolute Gasteiger partial charge is 0.234 e. The zero-order valence-electron chi connectivity index (χ0n) is 18.9. The van der Waals surface area contributed by atoms with E-state index in [1.165, 1.54) is 30.3 Å². The Morgan fingerprint density at radius 1 is 1.09 bits per heavy atom. The van der Waals surface area contributed by atoms with Crippen LogP contribution >= 0.6 is 11.8 Å². The summed E-state index contributed by atoms with van der Waals surface area (Å²) in [6.07, 6.45) is 3.57. The number of hydrogen-bond acceptors (Lipinski definition) is 7. The van der Waals surface area contributed by atoms with E-state index < -0.39 is 0 Å². The Kier molecular flexibility index (Phi) is 6.68. The lowest BCUT2D eigenvalue weighted by molar-refractivity contribution is -0.113. The molecule has 2 aromatic carbocycles. The minimum Gasteiger partial charge on any atom is -0.454 e. The van der Waals surface area contributed by atoms with Crippen LogP contribution in [0.5, 0.6) is 11.5 Å². The van der Waals surface area contributed by atoms with E-state index in [-0.39, 0.29) is 30.3 Å². The van der Waals surface area contributed by atoms with Crippen LogP contribution in [0.1, 0.15) is 38.1 Å². The molecule has 0 bridgehead atoms. The molecule has 0 saturated carbocycles. The average molecular weight is 484 g/mol. The molecule has 0 radical (unpaired) electrons. The van der Waals surface area contributed by atoms with Gasteiger partial charge >= 0.3 is 0 Å². The van der Waals surface area contributed by atoms with Crippen LogP contribution in [0.25, 0.3) is 5.69 Å². The van der Waals surface area contributed by atoms with Crippen molar-refractivity contribution in [2.45, 2.75) is 37.4 Å². The van der Waals surface area contributed by atoms with Gasteiger partial charge in [0.1, 0.15) is 5.82 Å². The highest BCUT2D eigenvalue weighted by molar-refractivity contribution is 7.99. The quantitative estimate of drug-likeness (QED) is 0.499. The number of ether oxygens (including phenoxy) is 2. The van der Waals surface area contributed by atoms with Gasteiger partial charge in [-0.15, -0.1) is 10.2 Å². The highest BCUT2D eigenvalue weighted by Crippen LogP contribution is 2.34. The maximum Gasteiger partial charge on any atom is 0.234 e. The van der Waals surface area contributed by atoms with Crippen molar-refractivity contribution in [1.82, 2.24) is 19.7 Å². The topological polar surface area (TPSA) is 81.5 Å². The zero-order valence-corrected chi connectivity index (χ0v) is 19.7. The van der Waals surface area contributed by atoms with Crippen LogP contribution in [0.3, 0.4) is 0 Å². The standard InChI is InChI=1S/C24H26FN5O3S/c1-16(29-11-3-2-4-12-29)23-27-28-24(30(23)19-8-5-17(25)6-9-19)34-14-22(31)26-18-7-10-20-21(13-18)33-15-32-20/h5-10,13,16H,2-4,11-12,14-15H2,1H3,(H,26,31)/t16-/m1/s1. The van der Waals surface area contributed by atoms with Gasteiger partial charge in [0, 0.05) is 17.4 Å². The molecular formula is C24H26FN5O3S. The van der Waals surface area contributed by atoms with Crippen LogP contribution < -0.4 is 14.8 Å². The molecule has 34 heavy (non-hydrogen) atoms. The van der Waals surface area contributed by atoms with E-state index in [0.717, 1.165) is 37.4 Å². The van der Waals surface area contributed by atoms with Crippen molar-refractivity contribution in [3.8, 4) is 17.2 Å². The van der Waals surface area contributed by atoms with Crippen LogP contribution in [0.2, 0.25) is 0 Å².